The Balaban J connectivity index is 1.60. The standard InChI is InChI=1S/C19H21BrN2O2/c1-14-7-8-17(16(20)11-14)21-19(23)18-13-22(9-10-24-18)12-15-5-3-2-4-6-15/h2-8,11,18H,9-10,12-13H2,1H3,(H,21,23)/t18-/m0/s1. The smallest absolute Gasteiger partial charge is 0.254 e. The maximum atomic E-state index is 12.5. The van der Waals surface area contributed by atoms with Crippen LogP contribution in [0.15, 0.2) is 53.0 Å². The van der Waals surface area contributed by atoms with E-state index < -0.39 is 6.10 Å². The van der Waals surface area contributed by atoms with E-state index in [-0.39, 0.29) is 5.91 Å². The van der Waals surface area contributed by atoms with E-state index in [0.29, 0.717) is 13.2 Å². The maximum absolute atomic E-state index is 12.5. The molecule has 1 aliphatic rings. The fourth-order valence-corrected chi connectivity index (χ4v) is 3.37. The molecule has 1 amide bonds. The van der Waals surface area contributed by atoms with Crippen molar-refractivity contribution in [1.82, 2.24) is 4.90 Å². The Bertz CT molecular complexity index is 706. The lowest BCUT2D eigenvalue weighted by Gasteiger charge is -2.32. The van der Waals surface area contributed by atoms with Gasteiger partial charge in [0.15, 0.2) is 0 Å². The number of amides is 1. The zero-order valence-electron chi connectivity index (χ0n) is 13.7. The number of aryl methyl sites for hydroxylation is 1. The molecule has 1 atom stereocenters. The summed E-state index contributed by atoms with van der Waals surface area (Å²) in [6.45, 7) is 4.86. The van der Waals surface area contributed by atoms with E-state index in [0.717, 1.165) is 28.8 Å². The Kier molecular flexibility index (Phi) is 5.66. The molecule has 3 rings (SSSR count). The Labute approximate surface area is 150 Å². The number of benzene rings is 2. The number of hydrogen-bond acceptors (Lipinski definition) is 3. The van der Waals surface area contributed by atoms with Crippen molar-refractivity contribution in [1.29, 1.82) is 0 Å². The molecule has 2 aromatic rings. The van der Waals surface area contributed by atoms with Gasteiger partial charge in [-0.05, 0) is 46.1 Å². The van der Waals surface area contributed by atoms with Crippen molar-refractivity contribution in [2.45, 2.75) is 19.6 Å². The van der Waals surface area contributed by atoms with Gasteiger partial charge in [0.1, 0.15) is 6.10 Å². The molecule has 24 heavy (non-hydrogen) atoms. The van der Waals surface area contributed by atoms with Crippen LogP contribution >= 0.6 is 15.9 Å². The minimum atomic E-state index is -0.448. The van der Waals surface area contributed by atoms with Crippen LogP contribution in [0.1, 0.15) is 11.1 Å². The summed E-state index contributed by atoms with van der Waals surface area (Å²) < 4.78 is 6.56. The molecule has 1 saturated heterocycles. The van der Waals surface area contributed by atoms with Crippen LogP contribution in [-0.4, -0.2) is 36.6 Å². The van der Waals surface area contributed by atoms with Gasteiger partial charge in [-0.15, -0.1) is 0 Å². The molecule has 0 spiro atoms. The minimum absolute atomic E-state index is 0.0997. The van der Waals surface area contributed by atoms with E-state index in [4.69, 9.17) is 4.74 Å². The second-order valence-corrected chi connectivity index (χ2v) is 6.91. The summed E-state index contributed by atoms with van der Waals surface area (Å²) in [6.07, 6.45) is -0.448. The summed E-state index contributed by atoms with van der Waals surface area (Å²) >= 11 is 3.49. The molecule has 4 nitrogen and oxygen atoms in total. The lowest BCUT2D eigenvalue weighted by molar-refractivity contribution is -0.133. The first kappa shape index (κ1) is 17.1. The molecule has 0 aliphatic carbocycles. The van der Waals surface area contributed by atoms with Crippen molar-refractivity contribution < 1.29 is 9.53 Å². The molecular formula is C19H21BrN2O2. The third kappa shape index (κ3) is 4.44. The lowest BCUT2D eigenvalue weighted by atomic mass is 10.1. The summed E-state index contributed by atoms with van der Waals surface area (Å²) in [5.74, 6) is -0.0997. The van der Waals surface area contributed by atoms with Gasteiger partial charge in [0, 0.05) is 24.1 Å². The molecule has 2 aromatic carbocycles. The van der Waals surface area contributed by atoms with Crippen LogP contribution in [0.3, 0.4) is 0 Å². The molecular weight excluding hydrogens is 368 g/mol. The van der Waals surface area contributed by atoms with Crippen LogP contribution in [0.5, 0.6) is 0 Å². The molecule has 1 aliphatic heterocycles. The summed E-state index contributed by atoms with van der Waals surface area (Å²) in [5.41, 5.74) is 3.16. The van der Waals surface area contributed by atoms with Crippen LogP contribution in [0.25, 0.3) is 0 Å². The first-order valence-corrected chi connectivity index (χ1v) is 8.86. The lowest BCUT2D eigenvalue weighted by Crippen LogP contribution is -2.47. The van der Waals surface area contributed by atoms with Gasteiger partial charge in [0.2, 0.25) is 0 Å². The highest BCUT2D eigenvalue weighted by Gasteiger charge is 2.27. The number of carbonyl (C=O) groups excluding carboxylic acids is 1. The molecule has 1 N–H and O–H groups in total. The summed E-state index contributed by atoms with van der Waals surface area (Å²) in [4.78, 5) is 14.8. The van der Waals surface area contributed by atoms with E-state index in [9.17, 15) is 4.79 Å². The van der Waals surface area contributed by atoms with Gasteiger partial charge in [0.05, 0.1) is 12.3 Å². The average Bonchev–Trinajstić information content (AvgIpc) is 2.58. The third-order valence-corrected chi connectivity index (χ3v) is 4.73. The van der Waals surface area contributed by atoms with Crippen LogP contribution in [0.2, 0.25) is 0 Å². The predicted molar refractivity (Wildman–Crippen MR) is 99.0 cm³/mol. The van der Waals surface area contributed by atoms with Gasteiger partial charge in [0.25, 0.3) is 5.91 Å². The van der Waals surface area contributed by atoms with Crippen molar-refractivity contribution in [3.8, 4) is 0 Å². The predicted octanol–water partition coefficient (Wildman–Crippen LogP) is 3.60. The van der Waals surface area contributed by atoms with E-state index >= 15 is 0 Å². The Hall–Kier alpha value is -1.69. The highest BCUT2D eigenvalue weighted by molar-refractivity contribution is 9.10. The zero-order chi connectivity index (χ0) is 16.9. The first-order valence-electron chi connectivity index (χ1n) is 8.07. The molecule has 5 heteroatoms. The second-order valence-electron chi connectivity index (χ2n) is 6.05. The summed E-state index contributed by atoms with van der Waals surface area (Å²) in [7, 11) is 0. The molecule has 0 bridgehead atoms. The van der Waals surface area contributed by atoms with E-state index in [1.54, 1.807) is 0 Å². The number of morpholine rings is 1. The monoisotopic (exact) mass is 388 g/mol. The van der Waals surface area contributed by atoms with Crippen molar-refractivity contribution in [3.63, 3.8) is 0 Å². The number of nitrogens with one attached hydrogen (secondary N) is 1. The van der Waals surface area contributed by atoms with Crippen molar-refractivity contribution in [2.24, 2.45) is 0 Å². The number of nitrogens with zero attached hydrogens (tertiary/aromatic N) is 1. The molecule has 126 valence electrons. The molecule has 0 unspecified atom stereocenters. The maximum Gasteiger partial charge on any atom is 0.254 e. The van der Waals surface area contributed by atoms with Gasteiger partial charge in [-0.1, -0.05) is 36.4 Å². The van der Waals surface area contributed by atoms with Crippen molar-refractivity contribution >= 4 is 27.5 Å². The quantitative estimate of drug-likeness (QED) is 0.869. The van der Waals surface area contributed by atoms with Gasteiger partial charge in [-0.3, -0.25) is 9.69 Å². The number of anilines is 1. The number of carbonyl (C=O) groups is 1. The Morgan fingerprint density at radius 1 is 1.29 bits per heavy atom. The summed E-state index contributed by atoms with van der Waals surface area (Å²) in [6, 6.07) is 16.2. The fourth-order valence-electron chi connectivity index (χ4n) is 2.78. The normalized spacial score (nSPS) is 18.3. The van der Waals surface area contributed by atoms with Gasteiger partial charge in [-0.25, -0.2) is 0 Å². The number of halogens is 1. The second kappa shape index (κ2) is 7.92. The van der Waals surface area contributed by atoms with Gasteiger partial charge >= 0.3 is 0 Å². The van der Waals surface area contributed by atoms with Gasteiger partial charge in [-0.2, -0.15) is 0 Å². The zero-order valence-corrected chi connectivity index (χ0v) is 15.3. The molecule has 1 heterocycles. The Morgan fingerprint density at radius 2 is 2.08 bits per heavy atom. The minimum Gasteiger partial charge on any atom is -0.366 e. The summed E-state index contributed by atoms with van der Waals surface area (Å²) in [5, 5.41) is 2.95. The van der Waals surface area contributed by atoms with Gasteiger partial charge < -0.3 is 10.1 Å². The van der Waals surface area contributed by atoms with Crippen molar-refractivity contribution in [3.05, 3.63) is 64.1 Å². The number of rotatable bonds is 4. The van der Waals surface area contributed by atoms with Crippen LogP contribution in [-0.2, 0) is 16.1 Å². The fraction of sp³-hybridized carbons (Fsp3) is 0.316. The van der Waals surface area contributed by atoms with Crippen molar-refractivity contribution in [2.75, 3.05) is 25.0 Å². The van der Waals surface area contributed by atoms with Crippen LogP contribution < -0.4 is 5.32 Å². The highest BCUT2D eigenvalue weighted by Crippen LogP contribution is 2.24. The van der Waals surface area contributed by atoms with Crippen LogP contribution in [0.4, 0.5) is 5.69 Å². The van der Waals surface area contributed by atoms with E-state index in [1.165, 1.54) is 5.56 Å². The highest BCUT2D eigenvalue weighted by atomic mass is 79.9. The number of ether oxygens (including phenoxy) is 1. The van der Waals surface area contributed by atoms with Crippen LogP contribution in [0, 0.1) is 6.92 Å². The molecule has 0 radical (unpaired) electrons. The largest absolute Gasteiger partial charge is 0.366 e. The van der Waals surface area contributed by atoms with E-state index in [1.807, 2.05) is 43.3 Å². The molecule has 0 aromatic heterocycles. The molecule has 0 saturated carbocycles. The van der Waals surface area contributed by atoms with E-state index in [2.05, 4.69) is 38.3 Å². The SMILES string of the molecule is Cc1ccc(NC(=O)[C@@H]2CN(Cc3ccccc3)CCO2)c(Br)c1. The third-order valence-electron chi connectivity index (χ3n) is 4.07. The first-order chi connectivity index (χ1) is 11.6. The average molecular weight is 389 g/mol. The topological polar surface area (TPSA) is 41.6 Å². The molecule has 1 fully saturated rings. The Morgan fingerprint density at radius 3 is 2.83 bits per heavy atom. The number of hydrogen-bond donors (Lipinski definition) is 1.